The number of nitrogens with one attached hydrogen (secondary N) is 1. The molecule has 0 bridgehead atoms. The Bertz CT molecular complexity index is 780. The van der Waals surface area contributed by atoms with Gasteiger partial charge in [-0.1, -0.05) is 0 Å². The van der Waals surface area contributed by atoms with E-state index < -0.39 is 11.7 Å². The van der Waals surface area contributed by atoms with Crippen LogP contribution in [0.25, 0.3) is 22.4 Å². The lowest BCUT2D eigenvalue weighted by Crippen LogP contribution is -2.04. The molecule has 20 heavy (non-hydrogen) atoms. The molecular weight excluding hydrogens is 271 g/mol. The van der Waals surface area contributed by atoms with Gasteiger partial charge in [-0.05, 0) is 24.3 Å². The molecule has 2 aromatic heterocycles. The fourth-order valence-electron chi connectivity index (χ4n) is 1.90. The van der Waals surface area contributed by atoms with Gasteiger partial charge in [0, 0.05) is 6.20 Å². The van der Waals surface area contributed by atoms with Crippen molar-refractivity contribution < 1.29 is 18.3 Å². The molecule has 102 valence electrons. The van der Waals surface area contributed by atoms with Gasteiger partial charge < -0.3 is 10.1 Å². The third kappa shape index (κ3) is 2.07. The number of hydrogen-bond acceptors (Lipinski definition) is 3. The van der Waals surface area contributed by atoms with Crippen molar-refractivity contribution in [1.29, 1.82) is 0 Å². The third-order valence-corrected chi connectivity index (χ3v) is 2.86. The van der Waals surface area contributed by atoms with Crippen molar-refractivity contribution in [2.75, 3.05) is 0 Å². The molecule has 4 nitrogen and oxygen atoms in total. The highest BCUT2D eigenvalue weighted by Crippen LogP contribution is 2.32. The van der Waals surface area contributed by atoms with Crippen molar-refractivity contribution in [1.82, 2.24) is 15.0 Å². The predicted molar refractivity (Wildman–Crippen MR) is 66.0 cm³/mol. The highest BCUT2D eigenvalue weighted by molar-refractivity contribution is 5.81. The van der Waals surface area contributed by atoms with Gasteiger partial charge in [0.05, 0.1) is 28.4 Å². The van der Waals surface area contributed by atoms with Crippen molar-refractivity contribution in [2.45, 2.75) is 6.18 Å². The van der Waals surface area contributed by atoms with Crippen LogP contribution in [0.4, 0.5) is 13.2 Å². The summed E-state index contributed by atoms with van der Waals surface area (Å²) in [6.07, 6.45) is -1.70. The Morgan fingerprint density at radius 1 is 1.15 bits per heavy atom. The second-order valence-corrected chi connectivity index (χ2v) is 4.21. The summed E-state index contributed by atoms with van der Waals surface area (Å²) in [5, 5.41) is 9.67. The number of alkyl halides is 3. The van der Waals surface area contributed by atoms with Crippen molar-refractivity contribution in [2.24, 2.45) is 0 Å². The van der Waals surface area contributed by atoms with Gasteiger partial charge in [-0.2, -0.15) is 13.2 Å². The molecule has 0 aliphatic heterocycles. The molecule has 0 aliphatic rings. The van der Waals surface area contributed by atoms with Crippen LogP contribution in [0.1, 0.15) is 5.56 Å². The second-order valence-electron chi connectivity index (χ2n) is 4.21. The average Bonchev–Trinajstić information content (AvgIpc) is 2.80. The number of aromatic amines is 1. The summed E-state index contributed by atoms with van der Waals surface area (Å²) in [7, 11) is 0. The summed E-state index contributed by atoms with van der Waals surface area (Å²) < 4.78 is 37.9. The molecule has 3 aromatic rings. The number of rotatable bonds is 1. The average molecular weight is 279 g/mol. The predicted octanol–water partition coefficient (Wildman–Crippen LogP) is 3.35. The van der Waals surface area contributed by atoms with Crippen LogP contribution in [0.2, 0.25) is 0 Å². The largest absolute Gasteiger partial charge is 0.506 e. The van der Waals surface area contributed by atoms with Crippen molar-refractivity contribution >= 4 is 11.0 Å². The SMILES string of the molecule is Oc1cnccc1-c1nc2ccc(C(F)(F)F)cc2[nH]1. The van der Waals surface area contributed by atoms with Crippen LogP contribution < -0.4 is 0 Å². The van der Waals surface area contributed by atoms with E-state index >= 15 is 0 Å². The standard InChI is InChI=1S/C13H8F3N3O/c14-13(15,16)7-1-2-9-10(5-7)19-12(18-9)8-3-4-17-6-11(8)20/h1-6,20H,(H,18,19). The summed E-state index contributed by atoms with van der Waals surface area (Å²) >= 11 is 0. The van der Waals surface area contributed by atoms with Gasteiger partial charge in [0.1, 0.15) is 11.6 Å². The summed E-state index contributed by atoms with van der Waals surface area (Å²) in [6.45, 7) is 0. The molecule has 3 rings (SSSR count). The van der Waals surface area contributed by atoms with Gasteiger partial charge in [-0.25, -0.2) is 4.98 Å². The van der Waals surface area contributed by atoms with Gasteiger partial charge >= 0.3 is 6.18 Å². The summed E-state index contributed by atoms with van der Waals surface area (Å²) in [5.41, 5.74) is 0.277. The molecule has 2 heterocycles. The fraction of sp³-hybridized carbons (Fsp3) is 0.0769. The molecule has 0 aliphatic carbocycles. The van der Waals surface area contributed by atoms with Crippen LogP contribution in [0.5, 0.6) is 5.75 Å². The number of H-pyrrole nitrogens is 1. The van der Waals surface area contributed by atoms with E-state index in [-0.39, 0.29) is 11.3 Å². The maximum atomic E-state index is 12.6. The fourth-order valence-corrected chi connectivity index (χ4v) is 1.90. The molecule has 1 aromatic carbocycles. The zero-order valence-corrected chi connectivity index (χ0v) is 9.94. The maximum absolute atomic E-state index is 12.6. The van der Waals surface area contributed by atoms with Crippen molar-refractivity contribution in [3.8, 4) is 17.1 Å². The molecule has 0 spiro atoms. The third-order valence-electron chi connectivity index (χ3n) is 2.86. The Morgan fingerprint density at radius 3 is 2.65 bits per heavy atom. The van der Waals surface area contributed by atoms with E-state index in [2.05, 4.69) is 15.0 Å². The summed E-state index contributed by atoms with van der Waals surface area (Å²) in [5.74, 6) is 0.196. The number of fused-ring (bicyclic) bond motifs is 1. The molecule has 0 amide bonds. The minimum absolute atomic E-state index is 0.0948. The lowest BCUT2D eigenvalue weighted by atomic mass is 10.2. The Morgan fingerprint density at radius 2 is 1.95 bits per heavy atom. The van der Waals surface area contributed by atoms with E-state index in [0.717, 1.165) is 12.1 Å². The number of halogens is 3. The first-order chi connectivity index (χ1) is 9.45. The summed E-state index contributed by atoms with van der Waals surface area (Å²) in [6, 6.07) is 4.78. The van der Waals surface area contributed by atoms with E-state index in [4.69, 9.17) is 0 Å². The number of pyridine rings is 1. The molecular formula is C13H8F3N3O. The van der Waals surface area contributed by atoms with Crippen LogP contribution in [0, 0.1) is 0 Å². The molecule has 0 atom stereocenters. The van der Waals surface area contributed by atoms with E-state index in [9.17, 15) is 18.3 Å². The topological polar surface area (TPSA) is 61.8 Å². The number of hydrogen-bond donors (Lipinski definition) is 2. The molecule has 0 unspecified atom stereocenters. The second kappa shape index (κ2) is 4.22. The zero-order valence-electron chi connectivity index (χ0n) is 9.94. The van der Waals surface area contributed by atoms with Gasteiger partial charge in [0.25, 0.3) is 0 Å². The van der Waals surface area contributed by atoms with E-state index in [1.54, 1.807) is 0 Å². The highest BCUT2D eigenvalue weighted by Gasteiger charge is 2.30. The smallest absolute Gasteiger partial charge is 0.416 e. The number of aromatic nitrogens is 3. The quantitative estimate of drug-likeness (QED) is 0.718. The molecule has 2 N–H and O–H groups in total. The van der Waals surface area contributed by atoms with Crippen LogP contribution in [-0.2, 0) is 6.18 Å². The highest BCUT2D eigenvalue weighted by atomic mass is 19.4. The van der Waals surface area contributed by atoms with E-state index in [1.807, 2.05) is 0 Å². The number of imidazole rings is 1. The maximum Gasteiger partial charge on any atom is 0.416 e. The Kier molecular flexibility index (Phi) is 2.63. The lowest BCUT2D eigenvalue weighted by molar-refractivity contribution is -0.137. The number of benzene rings is 1. The van der Waals surface area contributed by atoms with Gasteiger partial charge in [-0.15, -0.1) is 0 Å². The molecule has 0 radical (unpaired) electrons. The van der Waals surface area contributed by atoms with E-state index in [1.165, 1.54) is 24.5 Å². The molecule has 7 heteroatoms. The Labute approximate surface area is 110 Å². The number of aromatic hydroxyl groups is 1. The molecule has 0 saturated carbocycles. The minimum Gasteiger partial charge on any atom is -0.506 e. The summed E-state index contributed by atoms with van der Waals surface area (Å²) in [4.78, 5) is 10.7. The first-order valence-corrected chi connectivity index (χ1v) is 5.65. The Hall–Kier alpha value is -2.57. The normalized spacial score (nSPS) is 11.9. The molecule has 0 fully saturated rings. The number of nitrogens with zero attached hydrogens (tertiary/aromatic N) is 2. The van der Waals surface area contributed by atoms with Crippen molar-refractivity contribution in [3.63, 3.8) is 0 Å². The van der Waals surface area contributed by atoms with Crippen LogP contribution in [0.3, 0.4) is 0 Å². The first-order valence-electron chi connectivity index (χ1n) is 5.65. The van der Waals surface area contributed by atoms with Gasteiger partial charge in [-0.3, -0.25) is 4.98 Å². The van der Waals surface area contributed by atoms with Crippen LogP contribution >= 0.6 is 0 Å². The van der Waals surface area contributed by atoms with Crippen LogP contribution in [0.15, 0.2) is 36.7 Å². The van der Waals surface area contributed by atoms with Crippen molar-refractivity contribution in [3.05, 3.63) is 42.2 Å². The minimum atomic E-state index is -4.40. The Balaban J connectivity index is 2.14. The molecule has 0 saturated heterocycles. The zero-order chi connectivity index (χ0) is 14.3. The van der Waals surface area contributed by atoms with Crippen LogP contribution in [-0.4, -0.2) is 20.1 Å². The van der Waals surface area contributed by atoms with Gasteiger partial charge in [0.2, 0.25) is 0 Å². The van der Waals surface area contributed by atoms with Gasteiger partial charge in [0.15, 0.2) is 0 Å². The van der Waals surface area contributed by atoms with E-state index in [0.29, 0.717) is 16.9 Å². The first kappa shape index (κ1) is 12.5. The lowest BCUT2D eigenvalue weighted by Gasteiger charge is -2.05. The monoisotopic (exact) mass is 279 g/mol.